The molecule has 8 nitrogen and oxygen atoms in total. The Bertz CT molecular complexity index is 1170. The smallest absolute Gasteiger partial charge is 0.378 e. The van der Waals surface area contributed by atoms with E-state index >= 15 is 0 Å². The maximum absolute atomic E-state index is 13.5. The number of amides is 2. The molecule has 1 aromatic heterocycles. The second kappa shape index (κ2) is 9.72. The second-order valence-electron chi connectivity index (χ2n) is 7.95. The summed E-state index contributed by atoms with van der Waals surface area (Å²) in [6.45, 7) is 2.02. The number of nitrogens with zero attached hydrogens (tertiary/aromatic N) is 4. The van der Waals surface area contributed by atoms with Gasteiger partial charge in [-0.15, -0.1) is 0 Å². The van der Waals surface area contributed by atoms with Gasteiger partial charge in [0, 0.05) is 31.5 Å². The molecule has 0 aliphatic carbocycles. The fourth-order valence-corrected chi connectivity index (χ4v) is 3.79. The predicted molar refractivity (Wildman–Crippen MR) is 120 cm³/mol. The summed E-state index contributed by atoms with van der Waals surface area (Å²) in [4.78, 5) is 32.0. The molecule has 11 heteroatoms. The highest BCUT2D eigenvalue weighted by molar-refractivity contribution is 5.94. The van der Waals surface area contributed by atoms with Gasteiger partial charge in [-0.1, -0.05) is 12.1 Å². The lowest BCUT2D eigenvalue weighted by Gasteiger charge is -2.28. The summed E-state index contributed by atoms with van der Waals surface area (Å²) in [5.41, 5.74) is 1.91. The van der Waals surface area contributed by atoms with Crippen LogP contribution in [0.25, 0.3) is 11.0 Å². The summed E-state index contributed by atoms with van der Waals surface area (Å²) in [5.74, 6) is -2.26. The van der Waals surface area contributed by atoms with Crippen LogP contribution in [0.3, 0.4) is 0 Å². The number of fused-ring (bicyclic) bond motifs is 1. The third-order valence-electron chi connectivity index (χ3n) is 5.54. The summed E-state index contributed by atoms with van der Waals surface area (Å²) >= 11 is 0. The molecule has 1 fully saturated rings. The van der Waals surface area contributed by atoms with Crippen LogP contribution in [0, 0.1) is 0 Å². The van der Waals surface area contributed by atoms with Crippen molar-refractivity contribution < 1.29 is 27.5 Å². The molecule has 2 amide bonds. The molecule has 0 bridgehead atoms. The van der Waals surface area contributed by atoms with Crippen LogP contribution in [-0.4, -0.2) is 66.2 Å². The zero-order valence-corrected chi connectivity index (χ0v) is 18.5. The number of imidazole rings is 1. The van der Waals surface area contributed by atoms with E-state index in [1.165, 1.54) is 19.2 Å². The van der Waals surface area contributed by atoms with Crippen LogP contribution in [0.2, 0.25) is 0 Å². The largest absolute Gasteiger partial charge is 0.449 e. The summed E-state index contributed by atoms with van der Waals surface area (Å²) in [6.07, 6.45) is -4.72. The molecular formula is C23H24F3N5O3. The normalized spacial score (nSPS) is 14.3. The van der Waals surface area contributed by atoms with E-state index in [0.29, 0.717) is 18.9 Å². The lowest BCUT2D eigenvalue weighted by atomic mass is 10.2. The van der Waals surface area contributed by atoms with Gasteiger partial charge in [-0.3, -0.25) is 9.59 Å². The lowest BCUT2D eigenvalue weighted by molar-refractivity contribution is -0.148. The van der Waals surface area contributed by atoms with Crippen LogP contribution in [-0.2, 0) is 27.0 Å². The Labute approximate surface area is 193 Å². The maximum Gasteiger partial charge on any atom is 0.449 e. The third-order valence-corrected chi connectivity index (χ3v) is 5.54. The number of carbonyl (C=O) groups excluding carboxylic acids is 2. The number of ether oxygens (including phenoxy) is 1. The van der Waals surface area contributed by atoms with Crippen molar-refractivity contribution in [1.82, 2.24) is 14.5 Å². The van der Waals surface area contributed by atoms with Crippen LogP contribution < -0.4 is 10.2 Å². The Hall–Kier alpha value is -3.60. The molecule has 180 valence electrons. The second-order valence-corrected chi connectivity index (χ2v) is 7.95. The Balaban J connectivity index is 1.38. The number of morpholine rings is 1. The maximum atomic E-state index is 13.5. The van der Waals surface area contributed by atoms with E-state index < -0.39 is 30.4 Å². The fraction of sp³-hybridized carbons (Fsp3) is 0.348. The van der Waals surface area contributed by atoms with Gasteiger partial charge in [0.15, 0.2) is 0 Å². The summed E-state index contributed by atoms with van der Waals surface area (Å²) < 4.78 is 46.5. The fourth-order valence-electron chi connectivity index (χ4n) is 3.79. The first-order valence-electron chi connectivity index (χ1n) is 10.7. The van der Waals surface area contributed by atoms with E-state index in [1.54, 1.807) is 24.3 Å². The summed E-state index contributed by atoms with van der Waals surface area (Å²) in [7, 11) is 1.37. The van der Waals surface area contributed by atoms with Crippen molar-refractivity contribution in [3.05, 3.63) is 54.4 Å². The van der Waals surface area contributed by atoms with Crippen LogP contribution in [0.15, 0.2) is 48.5 Å². The molecular weight excluding hydrogens is 451 g/mol. The molecule has 1 aliphatic rings. The number of hydrogen-bond donors (Lipinski definition) is 1. The molecule has 0 spiro atoms. The molecule has 0 atom stereocenters. The Morgan fingerprint density at radius 1 is 1.09 bits per heavy atom. The molecule has 1 aliphatic heterocycles. The van der Waals surface area contributed by atoms with Crippen molar-refractivity contribution >= 4 is 34.2 Å². The number of halogens is 3. The number of aromatic nitrogens is 2. The quantitative estimate of drug-likeness (QED) is 0.593. The number of carbonyl (C=O) groups is 2. The first kappa shape index (κ1) is 23.6. The van der Waals surface area contributed by atoms with E-state index in [-0.39, 0.29) is 17.6 Å². The van der Waals surface area contributed by atoms with Gasteiger partial charge in [0.05, 0.1) is 30.8 Å². The van der Waals surface area contributed by atoms with Gasteiger partial charge in [-0.05, 0) is 36.4 Å². The average Bonchev–Trinajstić information content (AvgIpc) is 3.19. The van der Waals surface area contributed by atoms with E-state index in [0.717, 1.165) is 28.2 Å². The molecule has 0 saturated carbocycles. The Morgan fingerprint density at radius 2 is 1.76 bits per heavy atom. The topological polar surface area (TPSA) is 79.7 Å². The summed E-state index contributed by atoms with van der Waals surface area (Å²) in [6, 6.07) is 13.4. The number of rotatable bonds is 6. The van der Waals surface area contributed by atoms with Crippen LogP contribution in [0.4, 0.5) is 24.5 Å². The number of alkyl halides is 3. The van der Waals surface area contributed by atoms with Gasteiger partial charge in [-0.25, -0.2) is 4.98 Å². The first-order valence-corrected chi connectivity index (χ1v) is 10.7. The molecule has 0 unspecified atom stereocenters. The van der Waals surface area contributed by atoms with Crippen molar-refractivity contribution in [2.75, 3.05) is 50.1 Å². The molecule has 1 saturated heterocycles. The molecule has 1 N–H and O–H groups in total. The number of benzene rings is 2. The number of nitrogens with one attached hydrogen (secondary N) is 1. The highest BCUT2D eigenvalue weighted by atomic mass is 19.4. The minimum atomic E-state index is -4.72. The Kier molecular flexibility index (Phi) is 6.73. The van der Waals surface area contributed by atoms with Crippen LogP contribution in [0.5, 0.6) is 0 Å². The standard InChI is InChI=1S/C23H24F3N5O3/c1-29(14-20(32)27-16-6-8-17(9-7-16)30-10-12-34-13-11-30)21(33)15-31-19-5-3-2-4-18(19)28-22(31)23(24,25)26/h2-9H,10-15H2,1H3,(H,27,32). The van der Waals surface area contributed by atoms with Crippen molar-refractivity contribution in [3.8, 4) is 0 Å². The molecule has 2 heterocycles. The average molecular weight is 475 g/mol. The van der Waals surface area contributed by atoms with E-state index in [9.17, 15) is 22.8 Å². The highest BCUT2D eigenvalue weighted by Gasteiger charge is 2.38. The van der Waals surface area contributed by atoms with Crippen LogP contribution >= 0.6 is 0 Å². The van der Waals surface area contributed by atoms with Crippen molar-refractivity contribution in [1.29, 1.82) is 0 Å². The Morgan fingerprint density at radius 3 is 2.44 bits per heavy atom. The van der Waals surface area contributed by atoms with Crippen molar-refractivity contribution in [2.24, 2.45) is 0 Å². The number of anilines is 2. The molecule has 0 radical (unpaired) electrons. The molecule has 4 rings (SSSR count). The SMILES string of the molecule is CN(CC(=O)Nc1ccc(N2CCOCC2)cc1)C(=O)Cn1c(C(F)(F)F)nc2ccccc21. The molecule has 34 heavy (non-hydrogen) atoms. The number of hydrogen-bond acceptors (Lipinski definition) is 5. The zero-order valence-electron chi connectivity index (χ0n) is 18.5. The van der Waals surface area contributed by atoms with Crippen molar-refractivity contribution in [3.63, 3.8) is 0 Å². The third kappa shape index (κ3) is 5.30. The van der Waals surface area contributed by atoms with Gasteiger partial charge >= 0.3 is 6.18 Å². The minimum absolute atomic E-state index is 0.142. The molecule has 2 aromatic carbocycles. The molecule has 3 aromatic rings. The van der Waals surface area contributed by atoms with Gasteiger partial charge in [0.2, 0.25) is 17.6 Å². The van der Waals surface area contributed by atoms with Gasteiger partial charge in [0.25, 0.3) is 0 Å². The monoisotopic (exact) mass is 475 g/mol. The van der Waals surface area contributed by atoms with E-state index in [1.807, 2.05) is 12.1 Å². The van der Waals surface area contributed by atoms with Gasteiger partial charge in [0.1, 0.15) is 6.54 Å². The minimum Gasteiger partial charge on any atom is -0.378 e. The highest BCUT2D eigenvalue weighted by Crippen LogP contribution is 2.31. The predicted octanol–water partition coefficient (Wildman–Crippen LogP) is 2.99. The van der Waals surface area contributed by atoms with Crippen LogP contribution in [0.1, 0.15) is 5.82 Å². The van der Waals surface area contributed by atoms with Gasteiger partial charge in [-0.2, -0.15) is 13.2 Å². The zero-order chi connectivity index (χ0) is 24.3. The van der Waals surface area contributed by atoms with Gasteiger partial charge < -0.3 is 24.4 Å². The van der Waals surface area contributed by atoms with E-state index in [2.05, 4.69) is 15.2 Å². The number of para-hydroxylation sites is 2. The first-order chi connectivity index (χ1) is 16.2. The van der Waals surface area contributed by atoms with E-state index in [4.69, 9.17) is 4.74 Å². The lowest BCUT2D eigenvalue weighted by Crippen LogP contribution is -2.37. The summed E-state index contributed by atoms with van der Waals surface area (Å²) in [5, 5.41) is 2.71. The number of likely N-dealkylation sites (N-methyl/N-ethyl adjacent to an activating group) is 1. The van der Waals surface area contributed by atoms with Crippen molar-refractivity contribution in [2.45, 2.75) is 12.7 Å².